The third-order valence-corrected chi connectivity index (χ3v) is 5.88. The van der Waals surface area contributed by atoms with Gasteiger partial charge < -0.3 is 19.9 Å². The van der Waals surface area contributed by atoms with E-state index in [1.807, 2.05) is 24.3 Å². The third-order valence-electron chi connectivity index (χ3n) is 4.82. The van der Waals surface area contributed by atoms with Gasteiger partial charge in [-0.3, -0.25) is 4.79 Å². The minimum atomic E-state index is -0.608. The molecule has 1 aromatic carbocycles. The predicted octanol–water partition coefficient (Wildman–Crippen LogP) is 4.75. The normalized spacial score (nSPS) is 11.5. The molecule has 3 aromatic heterocycles. The quantitative estimate of drug-likeness (QED) is 0.349. The fraction of sp³-hybridized carbons (Fsp3) is 0.333. The number of aryl methyl sites for hydroxylation is 2. The number of ether oxygens (including phenoxy) is 1. The summed E-state index contributed by atoms with van der Waals surface area (Å²) in [5.74, 6) is 0.958. The first-order valence-electron chi connectivity index (χ1n) is 11.0. The van der Waals surface area contributed by atoms with E-state index in [0.29, 0.717) is 39.8 Å². The zero-order chi connectivity index (χ0) is 25.2. The van der Waals surface area contributed by atoms with Crippen molar-refractivity contribution in [3.05, 3.63) is 46.9 Å². The molecule has 0 atom stereocenters. The van der Waals surface area contributed by atoms with E-state index >= 15 is 0 Å². The molecule has 0 aliphatic rings. The van der Waals surface area contributed by atoms with Crippen LogP contribution in [0, 0.1) is 13.8 Å². The topological polar surface area (TPSA) is 132 Å². The summed E-state index contributed by atoms with van der Waals surface area (Å²) in [6.07, 6.45) is 1.89. The van der Waals surface area contributed by atoms with E-state index in [1.165, 1.54) is 0 Å². The minimum Gasteiger partial charge on any atom is -0.456 e. The number of thiazole rings is 1. The molecule has 2 N–H and O–H groups in total. The van der Waals surface area contributed by atoms with Crippen LogP contribution in [-0.4, -0.2) is 44.1 Å². The number of hydrogen-bond donors (Lipinski definition) is 2. The highest BCUT2D eigenvalue weighted by Crippen LogP contribution is 2.27. The molecule has 4 rings (SSSR count). The second-order valence-electron chi connectivity index (χ2n) is 8.89. The predicted molar refractivity (Wildman–Crippen MR) is 134 cm³/mol. The molecule has 0 aliphatic carbocycles. The Bertz CT molecular complexity index is 1390. The molecule has 4 aromatic rings. The lowest BCUT2D eigenvalue weighted by Crippen LogP contribution is -2.23. The van der Waals surface area contributed by atoms with Crippen molar-refractivity contribution in [2.24, 2.45) is 0 Å². The van der Waals surface area contributed by atoms with Gasteiger partial charge in [0.05, 0.1) is 5.69 Å². The maximum Gasteiger partial charge on any atom is 0.350 e. The number of carbonyl (C=O) groups is 2. The first-order chi connectivity index (χ1) is 16.6. The molecule has 0 radical (unpaired) electrons. The van der Waals surface area contributed by atoms with Gasteiger partial charge in [-0.15, -0.1) is 0 Å². The summed E-state index contributed by atoms with van der Waals surface area (Å²) in [6, 6.07) is 7.73. The molecule has 0 fully saturated rings. The Morgan fingerprint density at radius 3 is 2.66 bits per heavy atom. The van der Waals surface area contributed by atoms with E-state index in [1.54, 1.807) is 40.8 Å². The van der Waals surface area contributed by atoms with Gasteiger partial charge in [-0.05, 0) is 45.2 Å². The number of esters is 1. The van der Waals surface area contributed by atoms with E-state index in [9.17, 15) is 9.59 Å². The van der Waals surface area contributed by atoms with Gasteiger partial charge in [0.15, 0.2) is 5.13 Å². The van der Waals surface area contributed by atoms with Crippen molar-refractivity contribution in [1.29, 1.82) is 0 Å². The first kappa shape index (κ1) is 24.3. The van der Waals surface area contributed by atoms with Crippen molar-refractivity contribution < 1.29 is 18.8 Å². The van der Waals surface area contributed by atoms with Crippen molar-refractivity contribution in [2.45, 2.75) is 46.6 Å². The summed E-state index contributed by atoms with van der Waals surface area (Å²) in [7, 11) is 0. The summed E-state index contributed by atoms with van der Waals surface area (Å²) in [5.41, 5.74) is 0.719. The van der Waals surface area contributed by atoms with Crippen molar-refractivity contribution in [2.75, 3.05) is 17.2 Å². The van der Waals surface area contributed by atoms with Gasteiger partial charge >= 0.3 is 5.97 Å². The summed E-state index contributed by atoms with van der Waals surface area (Å²) in [4.78, 5) is 38.2. The van der Waals surface area contributed by atoms with Crippen LogP contribution >= 0.6 is 11.3 Å². The van der Waals surface area contributed by atoms with Gasteiger partial charge in [-0.2, -0.15) is 4.98 Å². The Balaban J connectivity index is 1.39. The molecular formula is C24H26N6O4S. The molecule has 0 saturated heterocycles. The lowest BCUT2D eigenvalue weighted by Gasteiger charge is -2.18. The second kappa shape index (κ2) is 9.79. The summed E-state index contributed by atoms with van der Waals surface area (Å²) >= 11 is 1.10. The van der Waals surface area contributed by atoms with E-state index in [0.717, 1.165) is 27.7 Å². The zero-order valence-corrected chi connectivity index (χ0v) is 20.9. The molecule has 0 aliphatic heterocycles. The number of pyridine rings is 1. The maximum atomic E-state index is 12.5. The van der Waals surface area contributed by atoms with Crippen LogP contribution in [0.2, 0.25) is 0 Å². The van der Waals surface area contributed by atoms with Gasteiger partial charge in [0.25, 0.3) is 0 Å². The monoisotopic (exact) mass is 494 g/mol. The number of carbonyl (C=O) groups excluding carboxylic acids is 2. The SMILES string of the molecule is Cc1nc(-c2ccc3ccnc(NCCC(=O)Nc4nc(C)c(C(=O)OC(C)(C)C)s4)c3c2)no1. The summed E-state index contributed by atoms with van der Waals surface area (Å²) in [5, 5.41) is 12.2. The number of anilines is 2. The number of benzene rings is 1. The standard InChI is InChI=1S/C24H26N6O4S/c1-13-19(22(32)33-24(3,4)5)35-23(27-13)29-18(31)9-11-26-21-17-12-16(20-28-14(2)34-30-20)7-6-15(17)8-10-25-21/h6-8,10,12H,9,11H2,1-5H3,(H,25,26)(H,27,29,31). The fourth-order valence-corrected chi connectivity index (χ4v) is 4.16. The first-order valence-corrected chi connectivity index (χ1v) is 11.8. The second-order valence-corrected chi connectivity index (χ2v) is 9.89. The Morgan fingerprint density at radius 2 is 1.94 bits per heavy atom. The van der Waals surface area contributed by atoms with E-state index in [-0.39, 0.29) is 12.3 Å². The van der Waals surface area contributed by atoms with Crippen LogP contribution in [0.3, 0.4) is 0 Å². The van der Waals surface area contributed by atoms with Crippen LogP contribution in [0.1, 0.15) is 48.4 Å². The lowest BCUT2D eigenvalue weighted by molar-refractivity contribution is -0.115. The largest absolute Gasteiger partial charge is 0.456 e. The number of nitrogens with one attached hydrogen (secondary N) is 2. The zero-order valence-electron chi connectivity index (χ0n) is 20.1. The van der Waals surface area contributed by atoms with Gasteiger partial charge in [-0.25, -0.2) is 14.8 Å². The van der Waals surface area contributed by atoms with Crippen LogP contribution in [-0.2, 0) is 9.53 Å². The average Bonchev–Trinajstić information content (AvgIpc) is 3.37. The van der Waals surface area contributed by atoms with Crippen LogP contribution in [0.15, 0.2) is 35.0 Å². The molecule has 10 nitrogen and oxygen atoms in total. The summed E-state index contributed by atoms with van der Waals surface area (Å²) in [6.45, 7) is 9.21. The molecule has 3 heterocycles. The smallest absolute Gasteiger partial charge is 0.350 e. The molecule has 1 amide bonds. The average molecular weight is 495 g/mol. The minimum absolute atomic E-state index is 0.183. The lowest BCUT2D eigenvalue weighted by atomic mass is 10.1. The number of fused-ring (bicyclic) bond motifs is 1. The van der Waals surface area contributed by atoms with E-state index in [2.05, 4.69) is 30.7 Å². The molecule has 0 spiro atoms. The molecule has 0 saturated carbocycles. The maximum absolute atomic E-state index is 12.5. The highest BCUT2D eigenvalue weighted by molar-refractivity contribution is 7.17. The van der Waals surface area contributed by atoms with Crippen molar-refractivity contribution in [1.82, 2.24) is 20.1 Å². The highest BCUT2D eigenvalue weighted by atomic mass is 32.1. The van der Waals surface area contributed by atoms with Crippen molar-refractivity contribution >= 4 is 44.9 Å². The van der Waals surface area contributed by atoms with Crippen molar-refractivity contribution in [3.63, 3.8) is 0 Å². The van der Waals surface area contributed by atoms with Gasteiger partial charge in [0, 0.05) is 37.0 Å². The van der Waals surface area contributed by atoms with Gasteiger partial charge in [-0.1, -0.05) is 28.6 Å². The number of nitrogens with zero attached hydrogens (tertiary/aromatic N) is 4. The molecule has 11 heteroatoms. The van der Waals surface area contributed by atoms with Gasteiger partial charge in [0.2, 0.25) is 17.6 Å². The Kier molecular flexibility index (Phi) is 6.79. The Hall–Kier alpha value is -3.86. The van der Waals surface area contributed by atoms with Crippen LogP contribution in [0.5, 0.6) is 0 Å². The molecular weight excluding hydrogens is 468 g/mol. The van der Waals surface area contributed by atoms with E-state index in [4.69, 9.17) is 9.26 Å². The van der Waals surface area contributed by atoms with Crippen LogP contribution in [0.25, 0.3) is 22.2 Å². The third kappa shape index (κ3) is 5.99. The molecule has 182 valence electrons. The number of hydrogen-bond acceptors (Lipinski definition) is 10. The van der Waals surface area contributed by atoms with Crippen molar-refractivity contribution in [3.8, 4) is 11.4 Å². The number of rotatable bonds is 7. The highest BCUT2D eigenvalue weighted by Gasteiger charge is 2.23. The van der Waals surface area contributed by atoms with E-state index < -0.39 is 11.6 Å². The fourth-order valence-electron chi connectivity index (χ4n) is 3.30. The van der Waals surface area contributed by atoms with Gasteiger partial charge in [0.1, 0.15) is 16.3 Å². The Morgan fingerprint density at radius 1 is 1.14 bits per heavy atom. The van der Waals surface area contributed by atoms with Crippen LogP contribution < -0.4 is 10.6 Å². The Labute approximate surface area is 206 Å². The molecule has 0 unspecified atom stereocenters. The number of amides is 1. The molecule has 0 bridgehead atoms. The van der Waals surface area contributed by atoms with Crippen LogP contribution in [0.4, 0.5) is 10.9 Å². The molecule has 35 heavy (non-hydrogen) atoms. The summed E-state index contributed by atoms with van der Waals surface area (Å²) < 4.78 is 10.5. The number of aromatic nitrogens is 4.